The summed E-state index contributed by atoms with van der Waals surface area (Å²) < 4.78 is 83.9. The molecule has 0 unspecified atom stereocenters. The summed E-state index contributed by atoms with van der Waals surface area (Å²) in [5, 5.41) is 2.63. The number of hydrogen-bond acceptors (Lipinski definition) is 1. The molecule has 4 aromatic carbocycles. The quantitative estimate of drug-likeness (QED) is 0.234. The summed E-state index contributed by atoms with van der Waals surface area (Å²) in [6, 6.07) is 13.5. The number of halogens is 6. The van der Waals surface area contributed by atoms with Gasteiger partial charge in [-0.1, -0.05) is 55.8 Å². The van der Waals surface area contributed by atoms with Crippen molar-refractivity contribution in [1.29, 1.82) is 0 Å². The van der Waals surface area contributed by atoms with Crippen LogP contribution in [-0.4, -0.2) is 6.36 Å². The van der Waals surface area contributed by atoms with Crippen LogP contribution in [0.5, 0.6) is 5.75 Å². The second kappa shape index (κ2) is 7.80. The Bertz CT molecular complexity index is 1270. The SMILES string of the molecule is CCCc1ccc2c(ccc3c(F)c(-c4cc(F)c(OC(F)(F)F)c(F)c4)ccc32)c1. The minimum atomic E-state index is -5.25. The predicted molar refractivity (Wildman–Crippen MR) is 107 cm³/mol. The van der Waals surface area contributed by atoms with Crippen molar-refractivity contribution in [2.75, 3.05) is 0 Å². The van der Waals surface area contributed by atoms with Gasteiger partial charge in [-0.3, -0.25) is 0 Å². The molecule has 0 fully saturated rings. The highest BCUT2D eigenvalue weighted by Crippen LogP contribution is 2.37. The Kier molecular flexibility index (Phi) is 5.29. The van der Waals surface area contributed by atoms with Crippen LogP contribution >= 0.6 is 0 Å². The van der Waals surface area contributed by atoms with Crippen molar-refractivity contribution >= 4 is 21.5 Å². The summed E-state index contributed by atoms with van der Waals surface area (Å²) in [5.74, 6) is -5.45. The van der Waals surface area contributed by atoms with E-state index in [0.29, 0.717) is 17.5 Å². The minimum absolute atomic E-state index is 0.134. The van der Waals surface area contributed by atoms with Crippen molar-refractivity contribution in [3.8, 4) is 16.9 Å². The van der Waals surface area contributed by atoms with Gasteiger partial charge in [0.25, 0.3) is 0 Å². The molecular formula is C24H16F6O. The van der Waals surface area contributed by atoms with Gasteiger partial charge in [0, 0.05) is 10.9 Å². The number of alkyl halides is 3. The van der Waals surface area contributed by atoms with Crippen LogP contribution in [0.25, 0.3) is 32.7 Å². The van der Waals surface area contributed by atoms with Gasteiger partial charge < -0.3 is 4.74 Å². The smallest absolute Gasteiger partial charge is 0.399 e. The fourth-order valence-electron chi connectivity index (χ4n) is 3.75. The molecule has 0 atom stereocenters. The third-order valence-corrected chi connectivity index (χ3v) is 5.08. The lowest BCUT2D eigenvalue weighted by Gasteiger charge is -2.13. The monoisotopic (exact) mass is 434 g/mol. The Morgan fingerprint density at radius 1 is 0.774 bits per heavy atom. The van der Waals surface area contributed by atoms with E-state index in [0.717, 1.165) is 23.6 Å². The van der Waals surface area contributed by atoms with Crippen molar-refractivity contribution in [3.63, 3.8) is 0 Å². The third kappa shape index (κ3) is 4.04. The lowest BCUT2D eigenvalue weighted by molar-refractivity contribution is -0.276. The van der Waals surface area contributed by atoms with Crippen molar-refractivity contribution in [3.05, 3.63) is 77.6 Å². The molecule has 160 valence electrons. The Labute approximate surface area is 173 Å². The normalized spacial score (nSPS) is 12.0. The average molecular weight is 434 g/mol. The second-order valence-electron chi connectivity index (χ2n) is 7.21. The van der Waals surface area contributed by atoms with E-state index in [2.05, 4.69) is 11.7 Å². The predicted octanol–water partition coefficient (Wildman–Crippen LogP) is 7.93. The van der Waals surface area contributed by atoms with E-state index in [1.54, 1.807) is 18.2 Å². The molecule has 0 radical (unpaired) electrons. The van der Waals surface area contributed by atoms with Crippen LogP contribution in [0.15, 0.2) is 54.6 Å². The molecule has 0 saturated carbocycles. The Morgan fingerprint density at radius 2 is 1.42 bits per heavy atom. The van der Waals surface area contributed by atoms with Gasteiger partial charge in [-0.05, 0) is 45.8 Å². The second-order valence-corrected chi connectivity index (χ2v) is 7.21. The molecule has 4 rings (SSSR count). The summed E-state index contributed by atoms with van der Waals surface area (Å²) >= 11 is 0. The van der Waals surface area contributed by atoms with Crippen LogP contribution in [0, 0.1) is 17.5 Å². The van der Waals surface area contributed by atoms with Gasteiger partial charge in [-0.25, -0.2) is 13.2 Å². The van der Waals surface area contributed by atoms with E-state index in [-0.39, 0.29) is 16.5 Å². The molecule has 0 N–H and O–H groups in total. The van der Waals surface area contributed by atoms with Gasteiger partial charge in [0.15, 0.2) is 11.6 Å². The van der Waals surface area contributed by atoms with Crippen LogP contribution in [0.1, 0.15) is 18.9 Å². The number of aryl methyl sites for hydroxylation is 1. The van der Waals surface area contributed by atoms with E-state index in [9.17, 15) is 22.0 Å². The maximum Gasteiger partial charge on any atom is 0.573 e. The molecular weight excluding hydrogens is 418 g/mol. The fourth-order valence-corrected chi connectivity index (χ4v) is 3.75. The molecule has 0 saturated heterocycles. The maximum atomic E-state index is 15.3. The zero-order chi connectivity index (χ0) is 22.3. The van der Waals surface area contributed by atoms with Crippen molar-refractivity contribution < 1.29 is 31.1 Å². The number of fused-ring (bicyclic) bond motifs is 3. The van der Waals surface area contributed by atoms with E-state index < -0.39 is 29.6 Å². The first kappa shape index (κ1) is 21.0. The highest BCUT2D eigenvalue weighted by molar-refractivity contribution is 6.08. The molecule has 0 spiro atoms. The molecule has 0 heterocycles. The standard InChI is InChI=1S/C24H16F6O/c1-2-3-13-4-6-16-14(10-13)5-7-19-18(16)9-8-17(22(19)27)15-11-20(25)23(21(26)12-15)31-24(28,29)30/h4-12H,2-3H2,1H3. The van der Waals surface area contributed by atoms with Crippen LogP contribution in [0.3, 0.4) is 0 Å². The molecule has 7 heteroatoms. The minimum Gasteiger partial charge on any atom is -0.399 e. The van der Waals surface area contributed by atoms with Crippen LogP contribution in [-0.2, 0) is 6.42 Å². The van der Waals surface area contributed by atoms with Crippen LogP contribution in [0.2, 0.25) is 0 Å². The van der Waals surface area contributed by atoms with Gasteiger partial charge in [-0.2, -0.15) is 0 Å². The zero-order valence-corrected chi connectivity index (χ0v) is 16.3. The van der Waals surface area contributed by atoms with Gasteiger partial charge in [-0.15, -0.1) is 13.2 Å². The first-order valence-corrected chi connectivity index (χ1v) is 9.57. The lowest BCUT2D eigenvalue weighted by Crippen LogP contribution is -2.19. The Hall–Kier alpha value is -3.22. The van der Waals surface area contributed by atoms with Crippen LogP contribution < -0.4 is 4.74 Å². The summed E-state index contributed by atoms with van der Waals surface area (Å²) in [4.78, 5) is 0. The Balaban J connectivity index is 1.83. The highest BCUT2D eigenvalue weighted by atomic mass is 19.4. The van der Waals surface area contributed by atoms with E-state index >= 15 is 4.39 Å². The number of benzene rings is 4. The first-order chi connectivity index (χ1) is 14.7. The van der Waals surface area contributed by atoms with Crippen LogP contribution in [0.4, 0.5) is 26.3 Å². The van der Waals surface area contributed by atoms with E-state index in [4.69, 9.17) is 0 Å². The lowest BCUT2D eigenvalue weighted by atomic mass is 9.95. The largest absolute Gasteiger partial charge is 0.573 e. The molecule has 0 aliphatic heterocycles. The zero-order valence-electron chi connectivity index (χ0n) is 16.3. The molecule has 0 aromatic heterocycles. The molecule has 0 amide bonds. The van der Waals surface area contributed by atoms with E-state index in [1.807, 2.05) is 18.2 Å². The molecule has 4 aromatic rings. The highest BCUT2D eigenvalue weighted by Gasteiger charge is 2.34. The summed E-state index contributed by atoms with van der Waals surface area (Å²) in [7, 11) is 0. The van der Waals surface area contributed by atoms with Gasteiger partial charge in [0.2, 0.25) is 5.75 Å². The molecule has 0 bridgehead atoms. The topological polar surface area (TPSA) is 9.23 Å². The van der Waals surface area contributed by atoms with Crippen molar-refractivity contribution in [2.45, 2.75) is 26.1 Å². The molecule has 0 aliphatic carbocycles. The maximum absolute atomic E-state index is 15.3. The Morgan fingerprint density at radius 3 is 2.06 bits per heavy atom. The third-order valence-electron chi connectivity index (χ3n) is 5.08. The molecule has 31 heavy (non-hydrogen) atoms. The average Bonchev–Trinajstić information content (AvgIpc) is 2.70. The summed E-state index contributed by atoms with van der Waals surface area (Å²) in [6.45, 7) is 2.08. The molecule has 1 nitrogen and oxygen atoms in total. The van der Waals surface area contributed by atoms with Gasteiger partial charge in [0.1, 0.15) is 5.82 Å². The van der Waals surface area contributed by atoms with Crippen molar-refractivity contribution in [2.24, 2.45) is 0 Å². The number of rotatable bonds is 4. The van der Waals surface area contributed by atoms with Crippen molar-refractivity contribution in [1.82, 2.24) is 0 Å². The van der Waals surface area contributed by atoms with E-state index in [1.165, 1.54) is 11.6 Å². The number of hydrogen-bond donors (Lipinski definition) is 0. The molecule has 0 aliphatic rings. The number of ether oxygens (including phenoxy) is 1. The van der Waals surface area contributed by atoms with Gasteiger partial charge in [0.05, 0.1) is 0 Å². The first-order valence-electron chi connectivity index (χ1n) is 9.57. The summed E-state index contributed by atoms with van der Waals surface area (Å²) in [6.07, 6.45) is -3.33. The van der Waals surface area contributed by atoms with Gasteiger partial charge >= 0.3 is 6.36 Å². The summed E-state index contributed by atoms with van der Waals surface area (Å²) in [5.41, 5.74) is 0.798. The fraction of sp³-hybridized carbons (Fsp3) is 0.167.